The number of fused-ring (bicyclic) bond motifs is 2. The van der Waals surface area contributed by atoms with E-state index in [0.717, 1.165) is 32.9 Å². The number of nitrogens with one attached hydrogen (secondary N) is 2. The van der Waals surface area contributed by atoms with E-state index in [4.69, 9.17) is 0 Å². The molecule has 0 fully saturated rings. The van der Waals surface area contributed by atoms with E-state index in [1.807, 2.05) is 60.9 Å². The van der Waals surface area contributed by atoms with Crippen molar-refractivity contribution in [3.8, 4) is 34.0 Å². The molecule has 4 N–H and O–H groups in total. The summed E-state index contributed by atoms with van der Waals surface area (Å²) in [6.07, 6.45) is 3.75. The van der Waals surface area contributed by atoms with Gasteiger partial charge in [0.1, 0.15) is 0 Å². The van der Waals surface area contributed by atoms with Crippen LogP contribution in [-0.4, -0.2) is 24.7 Å². The summed E-state index contributed by atoms with van der Waals surface area (Å²) in [7, 11) is 1.65. The van der Waals surface area contributed by atoms with E-state index in [2.05, 4.69) is 9.97 Å². The third-order valence-electron chi connectivity index (χ3n) is 5.05. The van der Waals surface area contributed by atoms with Crippen LogP contribution in [0.1, 0.15) is 0 Å². The van der Waals surface area contributed by atoms with E-state index in [-0.39, 0.29) is 11.8 Å². The summed E-state index contributed by atoms with van der Waals surface area (Å²) in [6, 6.07) is 15.8. The number of aromatic amines is 2. The van der Waals surface area contributed by atoms with Gasteiger partial charge in [0, 0.05) is 52.4 Å². The summed E-state index contributed by atoms with van der Waals surface area (Å²) in [5.41, 5.74) is 4.91. The van der Waals surface area contributed by atoms with Gasteiger partial charge in [-0.1, -0.05) is 36.4 Å². The molecule has 128 valence electrons. The van der Waals surface area contributed by atoms with Gasteiger partial charge < -0.3 is 20.2 Å². The second-order valence-electron chi connectivity index (χ2n) is 6.45. The van der Waals surface area contributed by atoms with Crippen LogP contribution < -0.4 is 0 Å². The molecule has 5 heteroatoms. The Balaban J connectivity index is 1.89. The largest absolute Gasteiger partial charge is 0.494 e. The molecule has 0 bridgehead atoms. The Labute approximate surface area is 149 Å². The van der Waals surface area contributed by atoms with Crippen molar-refractivity contribution >= 4 is 21.8 Å². The minimum Gasteiger partial charge on any atom is -0.494 e. The average molecular weight is 343 g/mol. The van der Waals surface area contributed by atoms with Crippen molar-refractivity contribution in [3.63, 3.8) is 0 Å². The van der Waals surface area contributed by atoms with Crippen LogP contribution >= 0.6 is 0 Å². The van der Waals surface area contributed by atoms with E-state index in [1.165, 1.54) is 4.57 Å². The standard InChI is InChI=1S/C21H17N3O2/c1-24-20(25)18(14-10-22-16-8-4-2-6-12(14)16)19(21(24)26)15-11-23-17-9-5-3-7-13(15)17/h2-11,22-23,25-26H,1H3. The molecule has 0 aliphatic carbocycles. The molecule has 0 radical (unpaired) electrons. The fraction of sp³-hybridized carbons (Fsp3) is 0.0476. The van der Waals surface area contributed by atoms with Crippen LogP contribution in [-0.2, 0) is 7.05 Å². The van der Waals surface area contributed by atoms with Crippen molar-refractivity contribution in [2.75, 3.05) is 0 Å². The molecule has 5 aromatic rings. The van der Waals surface area contributed by atoms with Gasteiger partial charge in [-0.05, 0) is 12.1 Å². The molecule has 0 unspecified atom stereocenters. The number of benzene rings is 2. The number of H-pyrrole nitrogens is 2. The lowest BCUT2D eigenvalue weighted by molar-refractivity contribution is 0.388. The second kappa shape index (κ2) is 5.20. The highest BCUT2D eigenvalue weighted by Gasteiger charge is 2.26. The molecule has 26 heavy (non-hydrogen) atoms. The van der Waals surface area contributed by atoms with Gasteiger partial charge in [-0.2, -0.15) is 0 Å². The molecule has 3 aromatic heterocycles. The first-order chi connectivity index (χ1) is 12.7. The summed E-state index contributed by atoms with van der Waals surface area (Å²) >= 11 is 0. The first-order valence-corrected chi connectivity index (χ1v) is 8.40. The summed E-state index contributed by atoms with van der Waals surface area (Å²) < 4.78 is 1.41. The molecule has 0 spiro atoms. The number of aromatic nitrogens is 3. The average Bonchev–Trinajstić information content (AvgIpc) is 3.33. The van der Waals surface area contributed by atoms with Crippen LogP contribution in [0, 0.1) is 0 Å². The SMILES string of the molecule is Cn1c(O)c(-c2c[nH]c3ccccc23)c(-c2c[nH]c3ccccc23)c1O. The van der Waals surface area contributed by atoms with Gasteiger partial charge in [0.2, 0.25) is 11.8 Å². The maximum Gasteiger partial charge on any atom is 0.202 e. The van der Waals surface area contributed by atoms with E-state index in [1.54, 1.807) is 7.05 Å². The Morgan fingerprint density at radius 1 is 0.692 bits per heavy atom. The molecule has 5 rings (SSSR count). The Morgan fingerprint density at radius 3 is 1.58 bits per heavy atom. The first kappa shape index (κ1) is 14.7. The second-order valence-corrected chi connectivity index (χ2v) is 6.45. The fourth-order valence-corrected chi connectivity index (χ4v) is 3.73. The molecule has 0 aliphatic rings. The molecular weight excluding hydrogens is 326 g/mol. The van der Waals surface area contributed by atoms with E-state index in [0.29, 0.717) is 11.1 Å². The highest BCUT2D eigenvalue weighted by molar-refractivity contribution is 6.07. The van der Waals surface area contributed by atoms with Gasteiger partial charge >= 0.3 is 0 Å². The quantitative estimate of drug-likeness (QED) is 0.374. The van der Waals surface area contributed by atoms with Crippen molar-refractivity contribution in [2.24, 2.45) is 7.05 Å². The zero-order valence-electron chi connectivity index (χ0n) is 14.1. The highest BCUT2D eigenvalue weighted by atomic mass is 16.3. The van der Waals surface area contributed by atoms with Gasteiger partial charge in [-0.25, -0.2) is 0 Å². The number of nitrogens with zero attached hydrogens (tertiary/aromatic N) is 1. The topological polar surface area (TPSA) is 77.0 Å². The van der Waals surface area contributed by atoms with Crippen molar-refractivity contribution in [1.29, 1.82) is 0 Å². The minimum atomic E-state index is 0.0348. The molecule has 0 amide bonds. The van der Waals surface area contributed by atoms with E-state index in [9.17, 15) is 10.2 Å². The number of aromatic hydroxyl groups is 2. The fourth-order valence-electron chi connectivity index (χ4n) is 3.73. The highest BCUT2D eigenvalue weighted by Crippen LogP contribution is 2.49. The third-order valence-corrected chi connectivity index (χ3v) is 5.05. The normalized spacial score (nSPS) is 11.6. The van der Waals surface area contributed by atoms with Crippen LogP contribution in [0.5, 0.6) is 11.8 Å². The maximum absolute atomic E-state index is 10.8. The van der Waals surface area contributed by atoms with Gasteiger partial charge in [-0.15, -0.1) is 0 Å². The smallest absolute Gasteiger partial charge is 0.202 e. The lowest BCUT2D eigenvalue weighted by Crippen LogP contribution is -1.84. The molecule has 0 atom stereocenters. The van der Waals surface area contributed by atoms with E-state index < -0.39 is 0 Å². The molecule has 3 heterocycles. The first-order valence-electron chi connectivity index (χ1n) is 8.40. The molecule has 0 saturated carbocycles. The van der Waals surface area contributed by atoms with Crippen molar-refractivity contribution in [2.45, 2.75) is 0 Å². The molecule has 0 aliphatic heterocycles. The molecule has 2 aromatic carbocycles. The molecular formula is C21H17N3O2. The lowest BCUT2D eigenvalue weighted by atomic mass is 9.97. The van der Waals surface area contributed by atoms with Crippen molar-refractivity contribution in [3.05, 3.63) is 60.9 Å². The third kappa shape index (κ3) is 1.85. The van der Waals surface area contributed by atoms with Gasteiger partial charge in [0.25, 0.3) is 0 Å². The monoisotopic (exact) mass is 343 g/mol. The Hall–Kier alpha value is -3.60. The summed E-state index contributed by atoms with van der Waals surface area (Å²) in [4.78, 5) is 6.48. The van der Waals surface area contributed by atoms with Crippen LogP contribution in [0.3, 0.4) is 0 Å². The maximum atomic E-state index is 10.8. The zero-order valence-corrected chi connectivity index (χ0v) is 14.1. The predicted octanol–water partition coefficient (Wildman–Crippen LogP) is 4.73. The summed E-state index contributed by atoms with van der Waals surface area (Å²) in [5.74, 6) is 0.0695. The zero-order chi connectivity index (χ0) is 17.8. The van der Waals surface area contributed by atoms with Gasteiger partial charge in [0.15, 0.2) is 0 Å². The van der Waals surface area contributed by atoms with Crippen molar-refractivity contribution < 1.29 is 10.2 Å². The number of para-hydroxylation sites is 2. The summed E-state index contributed by atoms with van der Waals surface area (Å²) in [5, 5.41) is 23.6. The van der Waals surface area contributed by atoms with Crippen LogP contribution in [0.25, 0.3) is 44.1 Å². The number of rotatable bonds is 2. The van der Waals surface area contributed by atoms with Crippen LogP contribution in [0.15, 0.2) is 60.9 Å². The Morgan fingerprint density at radius 2 is 1.12 bits per heavy atom. The molecule has 0 saturated heterocycles. The minimum absolute atomic E-state index is 0.0348. The Bertz CT molecular complexity index is 1180. The molecule has 5 nitrogen and oxygen atoms in total. The van der Waals surface area contributed by atoms with E-state index >= 15 is 0 Å². The number of hydrogen-bond acceptors (Lipinski definition) is 2. The van der Waals surface area contributed by atoms with Crippen LogP contribution in [0.4, 0.5) is 0 Å². The van der Waals surface area contributed by atoms with Crippen molar-refractivity contribution in [1.82, 2.24) is 14.5 Å². The lowest BCUT2D eigenvalue weighted by Gasteiger charge is -2.04. The Kier molecular flexibility index (Phi) is 2.94. The summed E-state index contributed by atoms with van der Waals surface area (Å²) in [6.45, 7) is 0. The number of hydrogen-bond donors (Lipinski definition) is 4. The van der Waals surface area contributed by atoms with Crippen LogP contribution in [0.2, 0.25) is 0 Å². The predicted molar refractivity (Wildman–Crippen MR) is 103 cm³/mol. The van der Waals surface area contributed by atoms with Gasteiger partial charge in [-0.3, -0.25) is 4.57 Å². The van der Waals surface area contributed by atoms with Gasteiger partial charge in [0.05, 0.1) is 11.1 Å².